The third-order valence-electron chi connectivity index (χ3n) is 3.89. The van der Waals surface area contributed by atoms with Crippen LogP contribution >= 0.6 is 0 Å². The highest BCUT2D eigenvalue weighted by molar-refractivity contribution is 5.97. The van der Waals surface area contributed by atoms with Crippen LogP contribution in [-0.4, -0.2) is 48.6 Å². The van der Waals surface area contributed by atoms with Crippen LogP contribution in [0.15, 0.2) is 0 Å². The molecule has 0 aromatic carbocycles. The Morgan fingerprint density at radius 3 is 2.40 bits per heavy atom. The Hall–Kier alpha value is -1.10. The highest BCUT2D eigenvalue weighted by Crippen LogP contribution is 2.27. The van der Waals surface area contributed by atoms with E-state index in [1.165, 1.54) is 0 Å². The molecule has 1 saturated heterocycles. The van der Waals surface area contributed by atoms with Gasteiger partial charge in [0.25, 0.3) is 0 Å². The second kappa shape index (κ2) is 6.57. The van der Waals surface area contributed by atoms with Crippen LogP contribution in [0.5, 0.6) is 0 Å². The van der Waals surface area contributed by atoms with Gasteiger partial charge in [0.2, 0.25) is 11.8 Å². The largest absolute Gasteiger partial charge is 0.385 e. The van der Waals surface area contributed by atoms with E-state index in [0.717, 1.165) is 6.42 Å². The lowest BCUT2D eigenvalue weighted by Crippen LogP contribution is -2.68. The Balaban J connectivity index is 3.00. The first-order valence-corrected chi connectivity index (χ1v) is 7.35. The predicted molar refractivity (Wildman–Crippen MR) is 78.3 cm³/mol. The topological polar surface area (TPSA) is 58.6 Å². The minimum absolute atomic E-state index is 0.00306. The van der Waals surface area contributed by atoms with Crippen LogP contribution in [0, 0.1) is 5.41 Å². The third-order valence-corrected chi connectivity index (χ3v) is 3.89. The van der Waals surface area contributed by atoms with Gasteiger partial charge in [-0.15, -0.1) is 0 Å². The fraction of sp³-hybridized carbons (Fsp3) is 0.867. The lowest BCUT2D eigenvalue weighted by Gasteiger charge is -2.45. The molecule has 0 spiro atoms. The Bertz CT molecular complexity index is 363. The first-order chi connectivity index (χ1) is 9.23. The molecular formula is C15H28N2O3. The monoisotopic (exact) mass is 284 g/mol. The number of ether oxygens (including phenoxy) is 1. The summed E-state index contributed by atoms with van der Waals surface area (Å²) in [5.41, 5.74) is -0.287. The lowest BCUT2D eigenvalue weighted by atomic mass is 9.83. The zero-order valence-electron chi connectivity index (χ0n) is 13.5. The second-order valence-corrected chi connectivity index (χ2v) is 6.61. The molecule has 116 valence electrons. The van der Waals surface area contributed by atoms with Crippen LogP contribution in [0.1, 0.15) is 47.5 Å². The number of piperazine rings is 1. The Labute approximate surface area is 122 Å². The van der Waals surface area contributed by atoms with Crippen LogP contribution < -0.4 is 5.32 Å². The number of rotatable bonds is 5. The molecule has 0 radical (unpaired) electrons. The molecule has 2 amide bonds. The van der Waals surface area contributed by atoms with E-state index in [1.807, 2.05) is 34.6 Å². The van der Waals surface area contributed by atoms with E-state index in [0.29, 0.717) is 13.0 Å². The number of amides is 2. The van der Waals surface area contributed by atoms with E-state index in [2.05, 4.69) is 5.32 Å². The molecule has 0 aromatic heterocycles. The molecule has 0 aromatic rings. The first kappa shape index (κ1) is 17.0. The quantitative estimate of drug-likeness (QED) is 0.833. The van der Waals surface area contributed by atoms with Crippen molar-refractivity contribution in [3.05, 3.63) is 0 Å². The number of nitrogens with one attached hydrogen (secondary N) is 1. The first-order valence-electron chi connectivity index (χ1n) is 7.35. The minimum atomic E-state index is -0.456. The van der Waals surface area contributed by atoms with Crippen molar-refractivity contribution < 1.29 is 14.3 Å². The molecule has 0 bridgehead atoms. The van der Waals surface area contributed by atoms with Gasteiger partial charge in [-0.05, 0) is 25.2 Å². The molecule has 1 aliphatic heterocycles. The summed E-state index contributed by atoms with van der Waals surface area (Å²) in [5.74, 6) is -0.0242. The predicted octanol–water partition coefficient (Wildman–Crippen LogP) is 1.56. The van der Waals surface area contributed by atoms with E-state index in [-0.39, 0.29) is 29.3 Å². The third kappa shape index (κ3) is 3.51. The van der Waals surface area contributed by atoms with Gasteiger partial charge in [-0.1, -0.05) is 27.7 Å². The average molecular weight is 284 g/mol. The zero-order valence-corrected chi connectivity index (χ0v) is 13.5. The highest BCUT2D eigenvalue weighted by atomic mass is 16.5. The summed E-state index contributed by atoms with van der Waals surface area (Å²) < 4.78 is 5.09. The molecule has 1 fully saturated rings. The summed E-state index contributed by atoms with van der Waals surface area (Å²) in [7, 11) is 1.65. The maximum atomic E-state index is 12.8. The number of carbonyl (C=O) groups excluding carboxylic acids is 2. The van der Waals surface area contributed by atoms with Gasteiger partial charge in [0.05, 0.1) is 0 Å². The summed E-state index contributed by atoms with van der Waals surface area (Å²) >= 11 is 0. The molecule has 1 rings (SSSR count). The van der Waals surface area contributed by atoms with Gasteiger partial charge >= 0.3 is 0 Å². The summed E-state index contributed by atoms with van der Waals surface area (Å²) in [6.45, 7) is 10.4. The van der Waals surface area contributed by atoms with E-state index >= 15 is 0 Å². The van der Waals surface area contributed by atoms with Gasteiger partial charge in [-0.3, -0.25) is 9.59 Å². The van der Waals surface area contributed by atoms with Crippen molar-refractivity contribution in [3.63, 3.8) is 0 Å². The fourth-order valence-electron chi connectivity index (χ4n) is 2.65. The maximum absolute atomic E-state index is 12.8. The van der Waals surface area contributed by atoms with Crippen LogP contribution in [0.25, 0.3) is 0 Å². The second-order valence-electron chi connectivity index (χ2n) is 6.61. The summed E-state index contributed by atoms with van der Waals surface area (Å²) in [6.07, 6.45) is 1.37. The van der Waals surface area contributed by atoms with Crippen molar-refractivity contribution in [2.45, 2.75) is 65.6 Å². The summed E-state index contributed by atoms with van der Waals surface area (Å²) in [6, 6.07) is -0.820. The van der Waals surface area contributed by atoms with Gasteiger partial charge in [0, 0.05) is 19.8 Å². The molecule has 5 nitrogen and oxygen atoms in total. The number of hydrogen-bond acceptors (Lipinski definition) is 3. The van der Waals surface area contributed by atoms with Gasteiger partial charge in [-0.25, -0.2) is 0 Å². The van der Waals surface area contributed by atoms with Crippen LogP contribution in [0.3, 0.4) is 0 Å². The van der Waals surface area contributed by atoms with Gasteiger partial charge in [-0.2, -0.15) is 0 Å². The molecule has 0 aliphatic carbocycles. The molecule has 20 heavy (non-hydrogen) atoms. The number of carbonyl (C=O) groups is 2. The van der Waals surface area contributed by atoms with E-state index in [4.69, 9.17) is 4.74 Å². The zero-order chi connectivity index (χ0) is 15.5. The summed E-state index contributed by atoms with van der Waals surface area (Å²) in [5, 5.41) is 2.89. The van der Waals surface area contributed by atoms with E-state index in [9.17, 15) is 9.59 Å². The van der Waals surface area contributed by atoms with E-state index in [1.54, 1.807) is 12.0 Å². The molecule has 5 heteroatoms. The SMILES string of the molecule is CCC1C(=O)NC(C(C)(C)C)C(=O)N1C(C)CCOC. The molecule has 3 atom stereocenters. The Kier molecular flexibility index (Phi) is 5.57. The standard InChI is InChI=1S/C15H28N2O3/c1-7-11-13(18)16-12(15(3,4)5)14(19)17(11)10(2)8-9-20-6/h10-12H,7-9H2,1-6H3,(H,16,18). The smallest absolute Gasteiger partial charge is 0.246 e. The molecule has 1 aliphatic rings. The Morgan fingerprint density at radius 2 is 1.95 bits per heavy atom. The van der Waals surface area contributed by atoms with Crippen molar-refractivity contribution in [2.75, 3.05) is 13.7 Å². The van der Waals surface area contributed by atoms with Crippen LogP contribution in [0.4, 0.5) is 0 Å². The fourth-order valence-corrected chi connectivity index (χ4v) is 2.65. The van der Waals surface area contributed by atoms with Crippen molar-refractivity contribution in [2.24, 2.45) is 5.41 Å². The van der Waals surface area contributed by atoms with E-state index < -0.39 is 6.04 Å². The highest BCUT2D eigenvalue weighted by Gasteiger charge is 2.45. The number of nitrogens with zero attached hydrogens (tertiary/aromatic N) is 1. The normalized spacial score (nSPS) is 25.6. The number of hydrogen-bond donors (Lipinski definition) is 1. The van der Waals surface area contributed by atoms with Gasteiger partial charge < -0.3 is 15.0 Å². The minimum Gasteiger partial charge on any atom is -0.385 e. The Morgan fingerprint density at radius 1 is 1.35 bits per heavy atom. The maximum Gasteiger partial charge on any atom is 0.246 e. The summed E-state index contributed by atoms with van der Waals surface area (Å²) in [4.78, 5) is 26.8. The molecular weight excluding hydrogens is 256 g/mol. The molecule has 0 saturated carbocycles. The lowest BCUT2D eigenvalue weighted by molar-refractivity contribution is -0.155. The molecule has 3 unspecified atom stereocenters. The van der Waals surface area contributed by atoms with Gasteiger partial charge in [0.1, 0.15) is 12.1 Å². The van der Waals surface area contributed by atoms with Crippen LogP contribution in [-0.2, 0) is 14.3 Å². The van der Waals surface area contributed by atoms with Gasteiger partial charge in [0.15, 0.2) is 0 Å². The van der Waals surface area contributed by atoms with Crippen molar-refractivity contribution in [3.8, 4) is 0 Å². The number of methoxy groups -OCH3 is 1. The molecule has 1 heterocycles. The van der Waals surface area contributed by atoms with Crippen molar-refractivity contribution >= 4 is 11.8 Å². The average Bonchev–Trinajstić information content (AvgIpc) is 2.36. The molecule has 1 N–H and O–H groups in total. The van der Waals surface area contributed by atoms with Crippen molar-refractivity contribution in [1.29, 1.82) is 0 Å². The van der Waals surface area contributed by atoms with Crippen LogP contribution in [0.2, 0.25) is 0 Å². The van der Waals surface area contributed by atoms with Crippen molar-refractivity contribution in [1.82, 2.24) is 10.2 Å².